The maximum absolute atomic E-state index is 13.4. The highest BCUT2D eigenvalue weighted by atomic mass is 35.5. The summed E-state index contributed by atoms with van der Waals surface area (Å²) in [5, 5.41) is 12.0. The number of fused-ring (bicyclic) bond motifs is 3. The standard InChI is InChI=1S/C23H21ClN6O3.C5H13N/c1-27-8-10-28(11-9-27)14-19-23(31)29-20-7-6-15(30(32)33)12-17(20)22(25-13-21(29)26-19)16-4-2-3-5-18(16)24;1-4-5-6(2)3/h2-7,12,14H,8-11,13H2,1H3;4-5H2,1-3H3/b19-14-;. The fourth-order valence-corrected chi connectivity index (χ4v) is 4.84. The van der Waals surface area contributed by atoms with Crippen LogP contribution in [0.25, 0.3) is 0 Å². The van der Waals surface area contributed by atoms with E-state index in [1.165, 1.54) is 30.0 Å². The maximum atomic E-state index is 13.4. The Labute approximate surface area is 234 Å². The van der Waals surface area contributed by atoms with Crippen LogP contribution in [-0.2, 0) is 4.79 Å². The SMILES string of the molecule is CCCN(C)C.CN1CCN(/C=C2\N=C3CN=C(c4ccccc4Cl)c4cc([N+](=O)[O-])ccc4N3C2=O)CC1. The van der Waals surface area contributed by atoms with Crippen LogP contribution in [0.4, 0.5) is 11.4 Å². The first kappa shape index (κ1) is 28.4. The molecule has 11 heteroatoms. The number of benzene rings is 2. The predicted molar refractivity (Wildman–Crippen MR) is 156 cm³/mol. The number of nitro benzene ring substituents is 1. The first-order valence-corrected chi connectivity index (χ1v) is 13.4. The van der Waals surface area contributed by atoms with Crippen LogP contribution in [0, 0.1) is 10.1 Å². The molecule has 39 heavy (non-hydrogen) atoms. The highest BCUT2D eigenvalue weighted by Crippen LogP contribution is 2.35. The van der Waals surface area contributed by atoms with E-state index in [0.717, 1.165) is 26.2 Å². The lowest BCUT2D eigenvalue weighted by Gasteiger charge is -2.31. The van der Waals surface area contributed by atoms with E-state index in [1.807, 2.05) is 12.1 Å². The molecule has 10 nitrogen and oxygen atoms in total. The number of anilines is 1. The second kappa shape index (κ2) is 12.5. The third-order valence-electron chi connectivity index (χ3n) is 6.64. The molecule has 5 rings (SSSR count). The molecule has 0 saturated carbocycles. The maximum Gasteiger partial charge on any atom is 0.284 e. The molecule has 0 spiro atoms. The highest BCUT2D eigenvalue weighted by molar-refractivity contribution is 6.37. The Bertz CT molecular complexity index is 1330. The lowest BCUT2D eigenvalue weighted by Crippen LogP contribution is -2.42. The molecule has 3 aliphatic rings. The van der Waals surface area contributed by atoms with Crippen molar-refractivity contribution in [1.29, 1.82) is 0 Å². The molecule has 0 unspecified atom stereocenters. The van der Waals surface area contributed by atoms with Gasteiger partial charge in [0.1, 0.15) is 11.5 Å². The highest BCUT2D eigenvalue weighted by Gasteiger charge is 2.37. The molecule has 2 aromatic rings. The molecule has 0 aromatic heterocycles. The summed E-state index contributed by atoms with van der Waals surface area (Å²) in [6, 6.07) is 11.6. The van der Waals surface area contributed by atoms with E-state index in [4.69, 9.17) is 16.6 Å². The quantitative estimate of drug-likeness (QED) is 0.318. The molecular weight excluding hydrogens is 518 g/mol. The number of carbonyl (C=O) groups is 1. The zero-order valence-electron chi connectivity index (χ0n) is 22.8. The van der Waals surface area contributed by atoms with Crippen molar-refractivity contribution in [3.8, 4) is 0 Å². The number of aliphatic imine (C=N–C) groups is 2. The number of piperazine rings is 1. The Morgan fingerprint density at radius 3 is 2.44 bits per heavy atom. The van der Waals surface area contributed by atoms with Crippen molar-refractivity contribution in [3.05, 3.63) is 80.6 Å². The van der Waals surface area contributed by atoms with Crippen LogP contribution >= 0.6 is 11.6 Å². The van der Waals surface area contributed by atoms with Crippen LogP contribution in [0.3, 0.4) is 0 Å². The van der Waals surface area contributed by atoms with Gasteiger partial charge >= 0.3 is 0 Å². The minimum atomic E-state index is -0.463. The molecular formula is C28H34ClN7O3. The molecule has 1 fully saturated rings. The van der Waals surface area contributed by atoms with Gasteiger partial charge < -0.3 is 14.7 Å². The van der Waals surface area contributed by atoms with Gasteiger partial charge in [0.2, 0.25) is 0 Å². The number of amidine groups is 1. The third kappa shape index (κ3) is 6.52. The number of likely N-dealkylation sites (N-methyl/N-ethyl adjacent to an activating group) is 1. The van der Waals surface area contributed by atoms with Crippen molar-refractivity contribution in [2.45, 2.75) is 13.3 Å². The Morgan fingerprint density at radius 2 is 1.82 bits per heavy atom. The second-order valence-electron chi connectivity index (χ2n) is 9.93. The summed E-state index contributed by atoms with van der Waals surface area (Å²) in [6.45, 7) is 6.99. The predicted octanol–water partition coefficient (Wildman–Crippen LogP) is 3.89. The summed E-state index contributed by atoms with van der Waals surface area (Å²) in [7, 11) is 6.24. The number of hydrogen-bond acceptors (Lipinski definition) is 8. The van der Waals surface area contributed by atoms with E-state index >= 15 is 0 Å². The van der Waals surface area contributed by atoms with Gasteiger partial charge in [0.15, 0.2) is 0 Å². The smallest absolute Gasteiger partial charge is 0.284 e. The zero-order chi connectivity index (χ0) is 28.1. The lowest BCUT2D eigenvalue weighted by atomic mass is 9.99. The van der Waals surface area contributed by atoms with Crippen molar-refractivity contribution in [2.75, 3.05) is 65.3 Å². The van der Waals surface area contributed by atoms with Gasteiger partial charge in [0, 0.05) is 60.7 Å². The molecule has 0 N–H and O–H groups in total. The van der Waals surface area contributed by atoms with Crippen LogP contribution in [0.5, 0.6) is 0 Å². The van der Waals surface area contributed by atoms with E-state index < -0.39 is 4.92 Å². The van der Waals surface area contributed by atoms with Crippen molar-refractivity contribution in [1.82, 2.24) is 14.7 Å². The fraction of sp³-hybridized carbons (Fsp3) is 0.393. The Morgan fingerprint density at radius 1 is 1.10 bits per heavy atom. The topological polar surface area (TPSA) is 97.9 Å². The third-order valence-corrected chi connectivity index (χ3v) is 6.97. The van der Waals surface area contributed by atoms with Crippen molar-refractivity contribution >= 4 is 40.4 Å². The van der Waals surface area contributed by atoms with Gasteiger partial charge in [-0.1, -0.05) is 36.7 Å². The minimum Gasteiger partial charge on any atom is -0.373 e. The Kier molecular flexibility index (Phi) is 9.11. The number of halogens is 1. The lowest BCUT2D eigenvalue weighted by molar-refractivity contribution is -0.384. The van der Waals surface area contributed by atoms with Gasteiger partial charge in [-0.15, -0.1) is 0 Å². The molecule has 2 aromatic carbocycles. The number of hydrogen-bond donors (Lipinski definition) is 0. The molecule has 0 bridgehead atoms. The molecule has 0 radical (unpaired) electrons. The second-order valence-corrected chi connectivity index (χ2v) is 10.3. The average Bonchev–Trinajstić information content (AvgIpc) is 3.11. The van der Waals surface area contributed by atoms with E-state index in [9.17, 15) is 14.9 Å². The number of non-ortho nitro benzene ring substituents is 1. The summed E-state index contributed by atoms with van der Waals surface area (Å²) >= 11 is 6.43. The average molecular weight is 552 g/mol. The first-order chi connectivity index (χ1) is 18.7. The van der Waals surface area contributed by atoms with Crippen LogP contribution < -0.4 is 4.90 Å². The van der Waals surface area contributed by atoms with E-state index in [-0.39, 0.29) is 18.1 Å². The molecule has 206 valence electrons. The van der Waals surface area contributed by atoms with Crippen LogP contribution in [0.15, 0.2) is 64.3 Å². The van der Waals surface area contributed by atoms with Gasteiger partial charge in [-0.25, -0.2) is 4.99 Å². The largest absolute Gasteiger partial charge is 0.373 e. The van der Waals surface area contributed by atoms with E-state index in [0.29, 0.717) is 39.1 Å². The van der Waals surface area contributed by atoms with E-state index in [1.54, 1.807) is 24.4 Å². The number of nitro groups is 1. The summed E-state index contributed by atoms with van der Waals surface area (Å²) < 4.78 is 0. The first-order valence-electron chi connectivity index (χ1n) is 13.0. The Balaban J connectivity index is 0.000000531. The molecule has 1 saturated heterocycles. The number of rotatable bonds is 5. The summed E-state index contributed by atoms with van der Waals surface area (Å²) in [6.07, 6.45) is 3.06. The fourth-order valence-electron chi connectivity index (χ4n) is 4.62. The summed E-state index contributed by atoms with van der Waals surface area (Å²) in [5.41, 5.74) is 2.36. The monoisotopic (exact) mass is 551 g/mol. The summed E-state index contributed by atoms with van der Waals surface area (Å²) in [4.78, 5) is 41.8. The molecule has 1 amide bonds. The van der Waals surface area contributed by atoms with Crippen LogP contribution in [0.2, 0.25) is 5.02 Å². The van der Waals surface area contributed by atoms with Crippen LogP contribution in [-0.4, -0.2) is 97.5 Å². The van der Waals surface area contributed by atoms with Crippen LogP contribution in [0.1, 0.15) is 24.5 Å². The minimum absolute atomic E-state index is 0.0891. The molecule has 3 heterocycles. The summed E-state index contributed by atoms with van der Waals surface area (Å²) in [5.74, 6) is 0.215. The molecule has 0 aliphatic carbocycles. The molecule has 3 aliphatic heterocycles. The van der Waals surface area contributed by atoms with Gasteiger partial charge in [0.05, 0.1) is 22.9 Å². The Hall–Kier alpha value is -3.60. The van der Waals surface area contributed by atoms with Gasteiger partial charge in [-0.2, -0.15) is 0 Å². The van der Waals surface area contributed by atoms with Crippen molar-refractivity contribution in [3.63, 3.8) is 0 Å². The zero-order valence-corrected chi connectivity index (χ0v) is 23.6. The van der Waals surface area contributed by atoms with Gasteiger partial charge in [0.25, 0.3) is 11.6 Å². The molecule has 0 atom stereocenters. The van der Waals surface area contributed by atoms with Crippen molar-refractivity contribution in [2.24, 2.45) is 9.98 Å². The van der Waals surface area contributed by atoms with E-state index in [2.05, 4.69) is 47.8 Å². The normalized spacial score (nSPS) is 18.2. The number of carbonyl (C=O) groups excluding carboxylic acids is 1. The number of amides is 1. The van der Waals surface area contributed by atoms with Gasteiger partial charge in [-0.05, 0) is 46.2 Å². The van der Waals surface area contributed by atoms with Crippen molar-refractivity contribution < 1.29 is 9.72 Å². The number of nitrogens with zero attached hydrogens (tertiary/aromatic N) is 7. The van der Waals surface area contributed by atoms with Gasteiger partial charge in [-0.3, -0.25) is 24.8 Å².